The summed E-state index contributed by atoms with van der Waals surface area (Å²) in [6.45, 7) is 4.35. The molecule has 1 amide bonds. The van der Waals surface area contributed by atoms with Crippen LogP contribution < -0.4 is 4.74 Å². The lowest BCUT2D eigenvalue weighted by atomic mass is 9.91. The van der Waals surface area contributed by atoms with E-state index >= 15 is 0 Å². The molecule has 1 aromatic rings. The van der Waals surface area contributed by atoms with Crippen molar-refractivity contribution in [3.8, 4) is 11.5 Å². The van der Waals surface area contributed by atoms with Crippen molar-refractivity contribution in [1.82, 2.24) is 9.80 Å². The zero-order valence-corrected chi connectivity index (χ0v) is 15.8. The number of hydrogen-bond donors (Lipinski definition) is 2. The number of nitrogens with zero attached hydrogens (tertiary/aromatic N) is 2. The second-order valence-electron chi connectivity index (χ2n) is 6.92. The first-order valence-corrected chi connectivity index (χ1v) is 8.49. The number of methoxy groups -OCH3 is 1. The number of carbonyl (C=O) groups is 2. The number of hydrogen-bond acceptors (Lipinski definition) is 6. The van der Waals surface area contributed by atoms with Crippen molar-refractivity contribution in [2.24, 2.45) is 5.92 Å². The molecule has 0 aliphatic carbocycles. The van der Waals surface area contributed by atoms with E-state index in [-0.39, 0.29) is 23.0 Å². The molecular formula is C19H26N2O5. The Morgan fingerprint density at radius 2 is 1.96 bits per heavy atom. The quantitative estimate of drug-likeness (QED) is 0.770. The minimum absolute atomic E-state index is 0.0772. The number of phenols is 1. The number of ketones is 1. The predicted molar refractivity (Wildman–Crippen MR) is 97.2 cm³/mol. The molecular weight excluding hydrogens is 336 g/mol. The average Bonchev–Trinajstić information content (AvgIpc) is 2.83. The first kappa shape index (κ1) is 19.8. The summed E-state index contributed by atoms with van der Waals surface area (Å²) >= 11 is 0. The van der Waals surface area contributed by atoms with Crippen molar-refractivity contribution >= 4 is 11.7 Å². The third-order valence-electron chi connectivity index (χ3n) is 4.40. The van der Waals surface area contributed by atoms with Gasteiger partial charge in [0.05, 0.1) is 18.7 Å². The van der Waals surface area contributed by atoms with Crippen LogP contribution >= 0.6 is 0 Å². The minimum Gasteiger partial charge on any atom is -0.504 e. The number of carbonyl (C=O) groups excluding carboxylic acids is 2. The van der Waals surface area contributed by atoms with Gasteiger partial charge in [-0.15, -0.1) is 0 Å². The summed E-state index contributed by atoms with van der Waals surface area (Å²) in [4.78, 5) is 28.7. The maximum absolute atomic E-state index is 12.7. The molecule has 1 aromatic carbocycles. The van der Waals surface area contributed by atoms with Crippen LogP contribution in [0.1, 0.15) is 25.5 Å². The zero-order valence-electron chi connectivity index (χ0n) is 15.8. The van der Waals surface area contributed by atoms with E-state index < -0.39 is 17.7 Å². The third-order valence-corrected chi connectivity index (χ3v) is 4.40. The maximum Gasteiger partial charge on any atom is 0.290 e. The Morgan fingerprint density at radius 1 is 1.31 bits per heavy atom. The smallest absolute Gasteiger partial charge is 0.290 e. The lowest BCUT2D eigenvalue weighted by Crippen LogP contribution is -2.36. The second kappa shape index (κ2) is 7.78. The summed E-state index contributed by atoms with van der Waals surface area (Å²) in [7, 11) is 5.20. The van der Waals surface area contributed by atoms with Gasteiger partial charge in [-0.3, -0.25) is 9.59 Å². The first-order chi connectivity index (χ1) is 12.2. The first-order valence-electron chi connectivity index (χ1n) is 8.49. The number of likely N-dealkylation sites (N-methyl/N-ethyl adjacent to an activating group) is 1. The van der Waals surface area contributed by atoms with Crippen LogP contribution in [0.15, 0.2) is 29.5 Å². The predicted octanol–water partition coefficient (Wildman–Crippen LogP) is 1.88. The summed E-state index contributed by atoms with van der Waals surface area (Å²) in [6, 6.07) is 3.98. The number of aliphatic hydroxyl groups is 1. The number of rotatable bonds is 7. The van der Waals surface area contributed by atoms with E-state index in [1.54, 1.807) is 26.0 Å². The van der Waals surface area contributed by atoms with Gasteiger partial charge in [-0.05, 0) is 31.8 Å². The van der Waals surface area contributed by atoms with E-state index in [0.717, 1.165) is 0 Å². The third kappa shape index (κ3) is 3.67. The number of ether oxygens (including phenoxy) is 1. The molecule has 7 heteroatoms. The lowest BCUT2D eigenvalue weighted by molar-refractivity contribution is -0.129. The number of Topliss-reactive ketones (excluding diaryl/α,β-unsaturated/α-hetero) is 1. The normalized spacial score (nSPS) is 17.6. The molecule has 142 valence electrons. The van der Waals surface area contributed by atoms with Gasteiger partial charge in [0.1, 0.15) is 0 Å². The molecule has 1 aliphatic heterocycles. The van der Waals surface area contributed by atoms with Gasteiger partial charge in [0.15, 0.2) is 23.0 Å². The molecule has 1 heterocycles. The van der Waals surface area contributed by atoms with Gasteiger partial charge in [-0.25, -0.2) is 0 Å². The fourth-order valence-corrected chi connectivity index (χ4v) is 2.98. The van der Waals surface area contributed by atoms with Gasteiger partial charge in [0.2, 0.25) is 0 Å². The van der Waals surface area contributed by atoms with Crippen LogP contribution in [0.2, 0.25) is 0 Å². The number of phenolic OH excluding ortho intramolecular Hbond substituents is 1. The van der Waals surface area contributed by atoms with Gasteiger partial charge in [-0.2, -0.15) is 0 Å². The summed E-state index contributed by atoms with van der Waals surface area (Å²) in [5.41, 5.74) is 0.622. The van der Waals surface area contributed by atoms with Gasteiger partial charge < -0.3 is 24.7 Å². The molecule has 1 unspecified atom stereocenters. The molecule has 1 aliphatic rings. The van der Waals surface area contributed by atoms with Crippen LogP contribution in [0.4, 0.5) is 0 Å². The number of amides is 1. The van der Waals surface area contributed by atoms with Gasteiger partial charge in [0, 0.05) is 19.0 Å². The van der Waals surface area contributed by atoms with Gasteiger partial charge in [0.25, 0.3) is 5.91 Å². The Kier molecular flexibility index (Phi) is 5.92. The Hall–Kier alpha value is -2.54. The molecule has 2 rings (SSSR count). The van der Waals surface area contributed by atoms with E-state index in [1.165, 1.54) is 18.1 Å². The molecule has 1 atom stereocenters. The monoisotopic (exact) mass is 362 g/mol. The van der Waals surface area contributed by atoms with E-state index in [4.69, 9.17) is 4.74 Å². The molecule has 0 spiro atoms. The highest BCUT2D eigenvalue weighted by atomic mass is 16.5. The van der Waals surface area contributed by atoms with E-state index in [9.17, 15) is 19.8 Å². The zero-order chi connectivity index (χ0) is 19.6. The Morgan fingerprint density at radius 3 is 2.46 bits per heavy atom. The largest absolute Gasteiger partial charge is 0.504 e. The molecule has 26 heavy (non-hydrogen) atoms. The Bertz CT molecular complexity index is 739. The highest BCUT2D eigenvalue weighted by Crippen LogP contribution is 2.41. The Balaban J connectivity index is 2.53. The van der Waals surface area contributed by atoms with Crippen molar-refractivity contribution in [2.75, 3.05) is 34.3 Å². The van der Waals surface area contributed by atoms with Crippen molar-refractivity contribution in [1.29, 1.82) is 0 Å². The molecule has 0 radical (unpaired) electrons. The van der Waals surface area contributed by atoms with Crippen molar-refractivity contribution in [2.45, 2.75) is 19.9 Å². The summed E-state index contributed by atoms with van der Waals surface area (Å²) in [5, 5.41) is 20.5. The summed E-state index contributed by atoms with van der Waals surface area (Å²) in [5.74, 6) is -1.54. The van der Waals surface area contributed by atoms with E-state index in [0.29, 0.717) is 24.4 Å². The van der Waals surface area contributed by atoms with Crippen molar-refractivity contribution < 1.29 is 24.5 Å². The van der Waals surface area contributed by atoms with Crippen molar-refractivity contribution in [3.05, 3.63) is 35.1 Å². The standard InChI is InChI=1S/C19H26N2O5/c1-11(2)17(23)15-16(12-6-7-14(26-5)13(22)10-12)21(9-8-20(3)4)19(25)18(15)24/h6-7,10-11,16,22,24H,8-9H2,1-5H3. The highest BCUT2D eigenvalue weighted by molar-refractivity contribution is 6.09. The van der Waals surface area contributed by atoms with Gasteiger partial charge >= 0.3 is 0 Å². The fraction of sp³-hybridized carbons (Fsp3) is 0.474. The average molecular weight is 362 g/mol. The molecule has 0 aromatic heterocycles. The second-order valence-corrected chi connectivity index (χ2v) is 6.92. The molecule has 0 bridgehead atoms. The number of aliphatic hydroxyl groups excluding tert-OH is 1. The summed E-state index contributed by atoms with van der Waals surface area (Å²) < 4.78 is 5.06. The van der Waals surface area contributed by atoms with Crippen LogP contribution in [-0.2, 0) is 9.59 Å². The van der Waals surface area contributed by atoms with E-state index in [2.05, 4.69) is 0 Å². The molecule has 0 saturated carbocycles. The SMILES string of the molecule is COc1ccc(C2C(C(=O)C(C)C)=C(O)C(=O)N2CCN(C)C)cc1O. The maximum atomic E-state index is 12.7. The van der Waals surface area contributed by atoms with Gasteiger partial charge in [-0.1, -0.05) is 19.9 Å². The molecule has 2 N–H and O–H groups in total. The summed E-state index contributed by atoms with van der Waals surface area (Å²) in [6.07, 6.45) is 0. The van der Waals surface area contributed by atoms with E-state index in [1.807, 2.05) is 19.0 Å². The lowest BCUT2D eigenvalue weighted by Gasteiger charge is -2.28. The number of aromatic hydroxyl groups is 1. The van der Waals surface area contributed by atoms with Crippen LogP contribution in [0, 0.1) is 5.92 Å². The fourth-order valence-electron chi connectivity index (χ4n) is 2.98. The molecule has 7 nitrogen and oxygen atoms in total. The van der Waals surface area contributed by atoms with Crippen LogP contribution in [0.3, 0.4) is 0 Å². The van der Waals surface area contributed by atoms with Crippen LogP contribution in [-0.4, -0.2) is 66.0 Å². The topological polar surface area (TPSA) is 90.3 Å². The number of benzene rings is 1. The van der Waals surface area contributed by atoms with Crippen molar-refractivity contribution in [3.63, 3.8) is 0 Å². The highest BCUT2D eigenvalue weighted by Gasteiger charge is 2.43. The molecule has 0 saturated heterocycles. The Labute approximate surface area is 153 Å². The van der Waals surface area contributed by atoms with Crippen LogP contribution in [0.5, 0.6) is 11.5 Å². The van der Waals surface area contributed by atoms with Crippen LogP contribution in [0.25, 0.3) is 0 Å². The molecule has 0 fully saturated rings. The minimum atomic E-state index is -0.742.